The van der Waals surface area contributed by atoms with Crippen LogP contribution in [-0.4, -0.2) is 37.8 Å². The molecule has 1 aromatic rings. The Labute approximate surface area is 136 Å². The van der Waals surface area contributed by atoms with Crippen LogP contribution >= 0.6 is 0 Å². The number of allylic oxidation sites excluding steroid dienone is 1. The summed E-state index contributed by atoms with van der Waals surface area (Å²) in [6.07, 6.45) is 5.25. The fourth-order valence-electron chi connectivity index (χ4n) is 2.16. The Balaban J connectivity index is 2.47. The molecule has 23 heavy (non-hydrogen) atoms. The maximum absolute atomic E-state index is 11.0. The highest BCUT2D eigenvalue weighted by Gasteiger charge is 2.09. The van der Waals surface area contributed by atoms with Crippen LogP contribution in [0, 0.1) is 0 Å². The average molecular weight is 318 g/mol. The van der Waals surface area contributed by atoms with Crippen LogP contribution in [-0.2, 0) is 16.0 Å². The zero-order chi connectivity index (χ0) is 17.1. The normalized spacial score (nSPS) is 10.7. The molecule has 0 saturated carbocycles. The molecule has 0 atom stereocenters. The van der Waals surface area contributed by atoms with Gasteiger partial charge in [0, 0.05) is 0 Å². The number of ether oxygens (including phenoxy) is 3. The van der Waals surface area contributed by atoms with E-state index in [1.54, 1.807) is 14.2 Å². The molecule has 0 aliphatic carbocycles. The Morgan fingerprint density at radius 1 is 1.30 bits per heavy atom. The number of para-hydroxylation sites is 1. The molecule has 124 valence electrons. The number of esters is 1. The molecule has 6 heteroatoms. The summed E-state index contributed by atoms with van der Waals surface area (Å²) < 4.78 is 15.5. The van der Waals surface area contributed by atoms with Crippen LogP contribution in [0.2, 0.25) is 0 Å². The molecule has 0 aliphatic heterocycles. The van der Waals surface area contributed by atoms with E-state index in [9.17, 15) is 4.79 Å². The lowest BCUT2D eigenvalue weighted by atomic mass is 10.0. The number of carbonyl (C=O) groups is 1. The molecule has 0 aromatic heterocycles. The Kier molecular flexibility index (Phi) is 8.18. The van der Waals surface area contributed by atoms with Crippen LogP contribution in [0.25, 0.3) is 5.53 Å². The van der Waals surface area contributed by atoms with E-state index in [4.69, 9.17) is 19.7 Å². The van der Waals surface area contributed by atoms with Crippen molar-refractivity contribution in [2.24, 2.45) is 0 Å². The molecule has 0 N–H and O–H groups in total. The van der Waals surface area contributed by atoms with Crippen LogP contribution < -0.4 is 9.47 Å². The molecule has 1 aromatic carbocycles. The number of carbonyl (C=O) groups excluding carboxylic acids is 1. The predicted molar refractivity (Wildman–Crippen MR) is 86.9 cm³/mol. The Bertz CT molecular complexity index is 605. The summed E-state index contributed by atoms with van der Waals surface area (Å²) in [5.41, 5.74) is 10.4. The van der Waals surface area contributed by atoms with Crippen molar-refractivity contribution >= 4 is 12.2 Å². The zero-order valence-corrected chi connectivity index (χ0v) is 13.7. The maximum Gasteiger partial charge on any atom is 0.413 e. The lowest BCUT2D eigenvalue weighted by Gasteiger charge is -2.12. The monoisotopic (exact) mass is 318 g/mol. The highest BCUT2D eigenvalue weighted by molar-refractivity contribution is 6.20. The molecule has 0 amide bonds. The minimum absolute atomic E-state index is 0.166. The molecular weight excluding hydrogens is 296 g/mol. The Morgan fingerprint density at radius 2 is 2.09 bits per heavy atom. The first kappa shape index (κ1) is 18.5. The van der Waals surface area contributed by atoms with Gasteiger partial charge in [-0.15, -0.1) is 0 Å². The van der Waals surface area contributed by atoms with Crippen LogP contribution in [0.3, 0.4) is 0 Å². The van der Waals surface area contributed by atoms with Gasteiger partial charge in [0.1, 0.15) is 6.61 Å². The highest BCUT2D eigenvalue weighted by Crippen LogP contribution is 2.31. The van der Waals surface area contributed by atoms with E-state index in [-0.39, 0.29) is 6.61 Å². The molecule has 1 rings (SSSR count). The molecule has 0 aliphatic rings. The number of methoxy groups -OCH3 is 2. The summed E-state index contributed by atoms with van der Waals surface area (Å²) in [5.74, 6) is 0.834. The molecule has 0 fully saturated rings. The first-order valence-corrected chi connectivity index (χ1v) is 7.32. The van der Waals surface area contributed by atoms with Gasteiger partial charge in [0.15, 0.2) is 11.5 Å². The SMILES string of the molecule is COc1cccc(CCC/C(C)=C\COC(=O)C=[N+]=[N-])c1OC. The largest absolute Gasteiger partial charge is 0.493 e. The lowest BCUT2D eigenvalue weighted by Crippen LogP contribution is -2.06. The van der Waals surface area contributed by atoms with Gasteiger partial charge in [-0.1, -0.05) is 17.7 Å². The number of benzene rings is 1. The van der Waals surface area contributed by atoms with E-state index in [0.29, 0.717) is 0 Å². The van der Waals surface area contributed by atoms with E-state index in [1.165, 1.54) is 0 Å². The second-order valence-corrected chi connectivity index (χ2v) is 4.93. The fourth-order valence-corrected chi connectivity index (χ4v) is 2.16. The summed E-state index contributed by atoms with van der Waals surface area (Å²) in [5, 5.41) is 0. The standard InChI is InChI=1S/C17H22N2O4/c1-13(10-11-23-16(20)12-19-18)6-4-7-14-8-5-9-15(21-2)17(14)22-3/h5,8-10,12H,4,6-7,11H2,1-3H3/b13-10-. The topological polar surface area (TPSA) is 81.2 Å². The molecule has 0 bridgehead atoms. The molecule has 0 radical (unpaired) electrons. The van der Waals surface area contributed by atoms with Gasteiger partial charge in [0.05, 0.1) is 14.2 Å². The van der Waals surface area contributed by atoms with Crippen molar-refractivity contribution in [2.75, 3.05) is 20.8 Å². The second-order valence-electron chi connectivity index (χ2n) is 4.93. The van der Waals surface area contributed by atoms with Crippen molar-refractivity contribution in [2.45, 2.75) is 26.2 Å². The van der Waals surface area contributed by atoms with E-state index < -0.39 is 5.97 Å². The van der Waals surface area contributed by atoms with Gasteiger partial charge in [0.25, 0.3) is 0 Å². The van der Waals surface area contributed by atoms with Gasteiger partial charge >= 0.3 is 12.2 Å². The minimum Gasteiger partial charge on any atom is -0.493 e. The van der Waals surface area contributed by atoms with Gasteiger partial charge in [-0.3, -0.25) is 0 Å². The third-order valence-electron chi connectivity index (χ3n) is 3.32. The van der Waals surface area contributed by atoms with Crippen molar-refractivity contribution in [3.63, 3.8) is 0 Å². The first-order valence-electron chi connectivity index (χ1n) is 7.32. The van der Waals surface area contributed by atoms with E-state index in [2.05, 4.69) is 4.79 Å². The predicted octanol–water partition coefficient (Wildman–Crippen LogP) is 2.82. The van der Waals surface area contributed by atoms with E-state index in [1.807, 2.05) is 31.2 Å². The lowest BCUT2D eigenvalue weighted by molar-refractivity contribution is -0.137. The van der Waals surface area contributed by atoms with Crippen LogP contribution in [0.5, 0.6) is 11.5 Å². The van der Waals surface area contributed by atoms with Crippen LogP contribution in [0.4, 0.5) is 0 Å². The van der Waals surface area contributed by atoms with Crippen LogP contribution in [0.15, 0.2) is 29.8 Å². The molecular formula is C17H22N2O4. The van der Waals surface area contributed by atoms with E-state index >= 15 is 0 Å². The van der Waals surface area contributed by atoms with Gasteiger partial charge in [-0.05, 0) is 43.9 Å². The highest BCUT2D eigenvalue weighted by atomic mass is 16.5. The number of nitrogens with zero attached hydrogens (tertiary/aromatic N) is 2. The summed E-state index contributed by atoms with van der Waals surface area (Å²) in [6.45, 7) is 2.15. The van der Waals surface area contributed by atoms with Gasteiger partial charge < -0.3 is 19.7 Å². The van der Waals surface area contributed by atoms with Crippen molar-refractivity contribution < 1.29 is 23.8 Å². The van der Waals surface area contributed by atoms with Crippen molar-refractivity contribution in [3.05, 3.63) is 40.9 Å². The zero-order valence-electron chi connectivity index (χ0n) is 13.7. The summed E-state index contributed by atoms with van der Waals surface area (Å²) >= 11 is 0. The Morgan fingerprint density at radius 3 is 2.74 bits per heavy atom. The molecule has 6 nitrogen and oxygen atoms in total. The molecule has 0 heterocycles. The molecule has 0 spiro atoms. The third-order valence-corrected chi connectivity index (χ3v) is 3.32. The smallest absolute Gasteiger partial charge is 0.413 e. The van der Waals surface area contributed by atoms with Gasteiger partial charge in [0.2, 0.25) is 0 Å². The maximum atomic E-state index is 11.0. The third kappa shape index (κ3) is 6.36. The second kappa shape index (κ2) is 10.2. The summed E-state index contributed by atoms with van der Waals surface area (Å²) in [7, 11) is 3.26. The summed E-state index contributed by atoms with van der Waals surface area (Å²) in [6, 6.07) is 5.84. The number of aryl methyl sites for hydroxylation is 1. The quantitative estimate of drug-likeness (QED) is 0.230. The number of hydrogen-bond acceptors (Lipinski definition) is 4. The van der Waals surface area contributed by atoms with Crippen molar-refractivity contribution in [3.8, 4) is 11.5 Å². The Hall–Kier alpha value is -2.59. The average Bonchev–Trinajstić information content (AvgIpc) is 2.54. The molecule has 0 unspecified atom stereocenters. The van der Waals surface area contributed by atoms with E-state index in [0.717, 1.165) is 48.1 Å². The van der Waals surface area contributed by atoms with Gasteiger partial charge in [-0.25, -0.2) is 4.79 Å². The minimum atomic E-state index is -0.669. The van der Waals surface area contributed by atoms with Crippen molar-refractivity contribution in [1.29, 1.82) is 0 Å². The number of hydrogen-bond donors (Lipinski definition) is 0. The van der Waals surface area contributed by atoms with Gasteiger partial charge in [-0.2, -0.15) is 4.79 Å². The number of rotatable bonds is 9. The fraction of sp³-hybridized carbons (Fsp3) is 0.412. The van der Waals surface area contributed by atoms with Crippen LogP contribution in [0.1, 0.15) is 25.3 Å². The molecule has 0 saturated heterocycles. The van der Waals surface area contributed by atoms with Crippen molar-refractivity contribution in [1.82, 2.24) is 0 Å². The first-order chi connectivity index (χ1) is 11.1. The summed E-state index contributed by atoms with van der Waals surface area (Å²) in [4.78, 5) is 13.6.